The molecule has 0 fully saturated rings. The lowest BCUT2D eigenvalue weighted by Crippen LogP contribution is -2.12. The van der Waals surface area contributed by atoms with Gasteiger partial charge in [-0.05, 0) is 60.3 Å². The number of aromatic hydroxyl groups is 1. The topological polar surface area (TPSA) is 138 Å². The highest BCUT2D eigenvalue weighted by molar-refractivity contribution is 7.86. The van der Waals surface area contributed by atoms with Gasteiger partial charge in [-0.2, -0.15) is 8.42 Å². The van der Waals surface area contributed by atoms with Gasteiger partial charge in [-0.1, -0.05) is 35.9 Å². The molecule has 11 heteroatoms. The molecular weight excluding hydrogens is 506 g/mol. The van der Waals surface area contributed by atoms with Gasteiger partial charge in [0, 0.05) is 16.1 Å². The van der Waals surface area contributed by atoms with Crippen molar-refractivity contribution < 1.29 is 27.6 Å². The SMILES string of the molecule is COc1ccc(NC(=O)c2cc3ccccc3c(N=Nc3cc(C)c(Cl)cc3S(=O)(=O)O)c2O)cc1. The van der Waals surface area contributed by atoms with Gasteiger partial charge in [0.25, 0.3) is 16.0 Å². The lowest BCUT2D eigenvalue weighted by molar-refractivity contribution is 0.102. The summed E-state index contributed by atoms with van der Waals surface area (Å²) >= 11 is 6.01. The number of hydrogen-bond acceptors (Lipinski definition) is 7. The van der Waals surface area contributed by atoms with Crippen molar-refractivity contribution in [3.63, 3.8) is 0 Å². The minimum Gasteiger partial charge on any atom is -0.505 e. The standard InChI is InChI=1S/C25H20ClN3O6S/c1-14-11-21(22(13-20(14)26)36(32,33)34)28-29-23-18-6-4-3-5-15(18)12-19(24(23)30)25(31)27-16-7-9-17(35-2)10-8-16/h3-13,30H,1-2H3,(H,27,31)(H,32,33,34). The van der Waals surface area contributed by atoms with E-state index in [1.54, 1.807) is 55.5 Å². The third-order valence-electron chi connectivity index (χ3n) is 5.36. The molecule has 0 spiro atoms. The number of amides is 1. The molecule has 0 aromatic heterocycles. The number of phenolic OH excluding ortho intramolecular Hbond substituents is 1. The number of phenols is 1. The number of aryl methyl sites for hydroxylation is 1. The fraction of sp³-hybridized carbons (Fsp3) is 0.0800. The Labute approximate surface area is 211 Å². The second-order valence-corrected chi connectivity index (χ2v) is 9.57. The quantitative estimate of drug-likeness (QED) is 0.196. The summed E-state index contributed by atoms with van der Waals surface area (Å²) in [6.45, 7) is 1.63. The third-order valence-corrected chi connectivity index (χ3v) is 6.65. The van der Waals surface area contributed by atoms with Crippen LogP contribution < -0.4 is 10.1 Å². The van der Waals surface area contributed by atoms with Crippen LogP contribution in [0.5, 0.6) is 11.5 Å². The van der Waals surface area contributed by atoms with E-state index < -0.39 is 26.7 Å². The summed E-state index contributed by atoms with van der Waals surface area (Å²) in [5, 5.41) is 22.9. The number of halogens is 1. The van der Waals surface area contributed by atoms with Crippen molar-refractivity contribution in [3.8, 4) is 11.5 Å². The number of fused-ring (bicyclic) bond motifs is 1. The molecule has 0 unspecified atom stereocenters. The van der Waals surface area contributed by atoms with Gasteiger partial charge >= 0.3 is 0 Å². The van der Waals surface area contributed by atoms with Gasteiger partial charge in [-0.25, -0.2) is 0 Å². The Morgan fingerprint density at radius 3 is 2.39 bits per heavy atom. The van der Waals surface area contributed by atoms with Gasteiger partial charge in [-0.15, -0.1) is 10.2 Å². The van der Waals surface area contributed by atoms with Crippen molar-refractivity contribution in [2.24, 2.45) is 10.2 Å². The molecule has 0 heterocycles. The molecule has 0 aliphatic rings. The van der Waals surface area contributed by atoms with Crippen LogP contribution in [0.15, 0.2) is 81.9 Å². The van der Waals surface area contributed by atoms with E-state index in [0.717, 1.165) is 6.07 Å². The van der Waals surface area contributed by atoms with Crippen molar-refractivity contribution in [2.45, 2.75) is 11.8 Å². The van der Waals surface area contributed by atoms with Gasteiger partial charge in [0.15, 0.2) is 5.75 Å². The van der Waals surface area contributed by atoms with Crippen molar-refractivity contribution in [3.05, 3.63) is 82.9 Å². The molecule has 1 amide bonds. The highest BCUT2D eigenvalue weighted by Gasteiger charge is 2.21. The van der Waals surface area contributed by atoms with Crippen LogP contribution in [0, 0.1) is 6.92 Å². The Morgan fingerprint density at radius 2 is 1.72 bits per heavy atom. The first-order valence-electron chi connectivity index (χ1n) is 10.5. The van der Waals surface area contributed by atoms with Crippen molar-refractivity contribution in [1.82, 2.24) is 0 Å². The van der Waals surface area contributed by atoms with E-state index in [1.165, 1.54) is 19.2 Å². The molecule has 4 aromatic rings. The summed E-state index contributed by atoms with van der Waals surface area (Å²) in [4.78, 5) is 12.5. The molecule has 4 aromatic carbocycles. The van der Waals surface area contributed by atoms with Crippen LogP contribution in [0.25, 0.3) is 10.8 Å². The first-order chi connectivity index (χ1) is 17.1. The number of nitrogens with zero attached hydrogens (tertiary/aromatic N) is 2. The number of rotatable bonds is 6. The molecular formula is C25H20ClN3O6S. The van der Waals surface area contributed by atoms with Gasteiger partial charge in [-0.3, -0.25) is 9.35 Å². The number of nitrogens with one attached hydrogen (secondary N) is 1. The average molecular weight is 526 g/mol. The molecule has 0 radical (unpaired) electrons. The van der Waals surface area contributed by atoms with Crippen LogP contribution in [0.2, 0.25) is 5.02 Å². The molecule has 0 atom stereocenters. The second kappa shape index (κ2) is 9.94. The maximum atomic E-state index is 13.0. The zero-order valence-corrected chi connectivity index (χ0v) is 20.6. The van der Waals surface area contributed by atoms with Crippen LogP contribution in [0.3, 0.4) is 0 Å². The Kier molecular flexibility index (Phi) is 6.93. The first-order valence-corrected chi connectivity index (χ1v) is 12.3. The molecule has 184 valence electrons. The second-order valence-electron chi connectivity index (χ2n) is 7.77. The van der Waals surface area contributed by atoms with E-state index >= 15 is 0 Å². The zero-order valence-electron chi connectivity index (χ0n) is 19.1. The summed E-state index contributed by atoms with van der Waals surface area (Å²) < 4.78 is 38.4. The molecule has 0 bridgehead atoms. The summed E-state index contributed by atoms with van der Waals surface area (Å²) in [5.41, 5.74) is 0.671. The number of hydrogen-bond donors (Lipinski definition) is 3. The van der Waals surface area contributed by atoms with Crippen LogP contribution in [0.1, 0.15) is 15.9 Å². The highest BCUT2D eigenvalue weighted by Crippen LogP contribution is 2.40. The van der Waals surface area contributed by atoms with Gasteiger partial charge in [0.2, 0.25) is 0 Å². The molecule has 4 rings (SSSR count). The van der Waals surface area contributed by atoms with Gasteiger partial charge in [0.1, 0.15) is 22.0 Å². The molecule has 36 heavy (non-hydrogen) atoms. The molecule has 0 saturated carbocycles. The van der Waals surface area contributed by atoms with Crippen LogP contribution in [-0.2, 0) is 10.1 Å². The third kappa shape index (κ3) is 5.15. The van der Waals surface area contributed by atoms with Crippen molar-refractivity contribution >= 4 is 55.5 Å². The summed E-state index contributed by atoms with van der Waals surface area (Å²) in [6.07, 6.45) is 0. The average Bonchev–Trinajstić information content (AvgIpc) is 2.84. The minimum absolute atomic E-state index is 0.0538. The minimum atomic E-state index is -4.66. The number of ether oxygens (including phenoxy) is 1. The maximum absolute atomic E-state index is 13.0. The number of methoxy groups -OCH3 is 1. The van der Waals surface area contributed by atoms with Crippen LogP contribution in [-0.4, -0.2) is 31.1 Å². The zero-order chi connectivity index (χ0) is 26.0. The molecule has 3 N–H and O–H groups in total. The predicted molar refractivity (Wildman–Crippen MR) is 137 cm³/mol. The number of azo groups is 1. The smallest absolute Gasteiger partial charge is 0.296 e. The Morgan fingerprint density at radius 1 is 1.03 bits per heavy atom. The summed E-state index contributed by atoms with van der Waals surface area (Å²) in [5.74, 6) is -0.436. The van der Waals surface area contributed by atoms with Crippen molar-refractivity contribution in [1.29, 1.82) is 0 Å². The van der Waals surface area contributed by atoms with Gasteiger partial charge in [0.05, 0.1) is 12.7 Å². The lowest BCUT2D eigenvalue weighted by Gasteiger charge is -2.12. The molecule has 0 aliphatic carbocycles. The summed E-state index contributed by atoms with van der Waals surface area (Å²) in [7, 11) is -3.14. The van der Waals surface area contributed by atoms with E-state index in [9.17, 15) is 22.9 Å². The fourth-order valence-electron chi connectivity index (χ4n) is 3.50. The van der Waals surface area contributed by atoms with E-state index in [1.807, 2.05) is 0 Å². The molecule has 0 aliphatic heterocycles. The number of anilines is 1. The number of benzene rings is 4. The maximum Gasteiger partial charge on any atom is 0.296 e. The monoisotopic (exact) mass is 525 g/mol. The van der Waals surface area contributed by atoms with Gasteiger partial charge < -0.3 is 15.2 Å². The van der Waals surface area contributed by atoms with Crippen LogP contribution >= 0.6 is 11.6 Å². The first kappa shape index (κ1) is 25.1. The van der Waals surface area contributed by atoms with E-state index in [0.29, 0.717) is 27.8 Å². The van der Waals surface area contributed by atoms with E-state index in [2.05, 4.69) is 15.5 Å². The fourth-order valence-corrected chi connectivity index (χ4v) is 4.36. The number of carbonyl (C=O) groups is 1. The number of carbonyl (C=O) groups excluding carboxylic acids is 1. The lowest BCUT2D eigenvalue weighted by atomic mass is 10.0. The van der Waals surface area contributed by atoms with Crippen molar-refractivity contribution in [2.75, 3.05) is 12.4 Å². The Bertz CT molecular complexity index is 1620. The summed E-state index contributed by atoms with van der Waals surface area (Å²) in [6, 6.07) is 17.4. The highest BCUT2D eigenvalue weighted by atomic mass is 35.5. The molecule has 9 nitrogen and oxygen atoms in total. The van der Waals surface area contributed by atoms with Crippen LogP contribution in [0.4, 0.5) is 17.1 Å². The normalized spacial score (nSPS) is 11.7. The molecule has 0 saturated heterocycles. The predicted octanol–water partition coefficient (Wildman–Crippen LogP) is 6.43. The largest absolute Gasteiger partial charge is 0.505 e. The Hall–Kier alpha value is -3.99. The Balaban J connectivity index is 1.81. The van der Waals surface area contributed by atoms with E-state index in [-0.39, 0.29) is 22.0 Å². The van der Waals surface area contributed by atoms with E-state index in [4.69, 9.17) is 16.3 Å².